The quantitative estimate of drug-likeness (QED) is 0.541. The number of rotatable bonds is 4. The molecule has 1 atom stereocenters. The van der Waals surface area contributed by atoms with Gasteiger partial charge in [0.05, 0.1) is 6.54 Å². The molecule has 1 amide bonds. The van der Waals surface area contributed by atoms with Crippen molar-refractivity contribution in [1.29, 1.82) is 0 Å². The summed E-state index contributed by atoms with van der Waals surface area (Å²) in [4.78, 5) is 28.3. The molecule has 0 aromatic carbocycles. The van der Waals surface area contributed by atoms with Crippen LogP contribution < -0.4 is 0 Å². The minimum absolute atomic E-state index is 0.0104. The van der Waals surface area contributed by atoms with E-state index in [2.05, 4.69) is 25.6 Å². The molecule has 29 heavy (non-hydrogen) atoms. The van der Waals surface area contributed by atoms with Gasteiger partial charge in [0.15, 0.2) is 0 Å². The Morgan fingerprint density at radius 1 is 1.14 bits per heavy atom. The van der Waals surface area contributed by atoms with Crippen molar-refractivity contribution in [3.63, 3.8) is 0 Å². The van der Waals surface area contributed by atoms with Gasteiger partial charge in [-0.3, -0.25) is 9.78 Å². The van der Waals surface area contributed by atoms with Crippen molar-refractivity contribution in [2.45, 2.75) is 25.3 Å². The summed E-state index contributed by atoms with van der Waals surface area (Å²) >= 11 is 0. The van der Waals surface area contributed by atoms with Crippen molar-refractivity contribution in [1.82, 2.24) is 28.8 Å². The predicted molar refractivity (Wildman–Crippen MR) is 109 cm³/mol. The van der Waals surface area contributed by atoms with Gasteiger partial charge in [-0.05, 0) is 36.6 Å². The van der Waals surface area contributed by atoms with Crippen LogP contribution >= 0.6 is 0 Å². The van der Waals surface area contributed by atoms with E-state index in [-0.39, 0.29) is 11.8 Å². The third-order valence-electron chi connectivity index (χ3n) is 5.48. The highest BCUT2D eigenvalue weighted by molar-refractivity contribution is 5.93. The molecule has 4 aromatic heterocycles. The molecule has 5 heterocycles. The molecule has 0 radical (unpaired) electrons. The van der Waals surface area contributed by atoms with E-state index >= 15 is 0 Å². The van der Waals surface area contributed by atoms with Crippen LogP contribution in [0.1, 0.15) is 40.6 Å². The number of fused-ring (bicyclic) bond motifs is 1. The Balaban J connectivity index is 1.34. The zero-order valence-corrected chi connectivity index (χ0v) is 16.1. The summed E-state index contributed by atoms with van der Waals surface area (Å²) in [5, 5.41) is 0. The summed E-state index contributed by atoms with van der Waals surface area (Å²) in [7, 11) is 0. The maximum absolute atomic E-state index is 13.1. The van der Waals surface area contributed by atoms with Gasteiger partial charge in [0.1, 0.15) is 17.2 Å². The number of carbonyl (C=O) groups is 1. The molecule has 1 saturated heterocycles. The van der Waals surface area contributed by atoms with Crippen LogP contribution in [0.3, 0.4) is 0 Å². The van der Waals surface area contributed by atoms with E-state index in [4.69, 9.17) is 0 Å². The van der Waals surface area contributed by atoms with Crippen LogP contribution in [0.2, 0.25) is 0 Å². The lowest BCUT2D eigenvalue weighted by Gasteiger charge is -2.32. The summed E-state index contributed by atoms with van der Waals surface area (Å²) in [6.07, 6.45) is 13.2. The van der Waals surface area contributed by atoms with Crippen molar-refractivity contribution < 1.29 is 4.79 Å². The minimum Gasteiger partial charge on any atom is -0.337 e. The van der Waals surface area contributed by atoms with Crippen molar-refractivity contribution in [3.05, 3.63) is 84.6 Å². The van der Waals surface area contributed by atoms with Gasteiger partial charge in [-0.2, -0.15) is 0 Å². The highest BCUT2D eigenvalue weighted by Crippen LogP contribution is 2.27. The summed E-state index contributed by atoms with van der Waals surface area (Å²) < 4.78 is 4.05. The van der Waals surface area contributed by atoms with E-state index < -0.39 is 0 Å². The number of nitrogens with zero attached hydrogens (tertiary/aromatic N) is 6. The van der Waals surface area contributed by atoms with Gasteiger partial charge in [-0.15, -0.1) is 0 Å². The Morgan fingerprint density at radius 3 is 2.97 bits per heavy atom. The zero-order valence-electron chi connectivity index (χ0n) is 16.1. The van der Waals surface area contributed by atoms with E-state index in [1.807, 2.05) is 64.6 Å². The molecule has 0 bridgehead atoms. The number of aromatic nitrogens is 5. The molecule has 1 fully saturated rings. The lowest BCUT2D eigenvalue weighted by Crippen LogP contribution is -2.40. The number of imidazole rings is 2. The van der Waals surface area contributed by atoms with Gasteiger partial charge in [0.25, 0.3) is 5.91 Å². The van der Waals surface area contributed by atoms with Crippen LogP contribution in [0.4, 0.5) is 0 Å². The third-order valence-corrected chi connectivity index (χ3v) is 5.48. The van der Waals surface area contributed by atoms with E-state index in [0.717, 1.165) is 43.0 Å². The predicted octanol–water partition coefficient (Wildman–Crippen LogP) is 2.99. The van der Waals surface area contributed by atoms with E-state index in [9.17, 15) is 4.79 Å². The van der Waals surface area contributed by atoms with Gasteiger partial charge in [-0.1, -0.05) is 12.1 Å². The first kappa shape index (κ1) is 17.6. The molecular weight excluding hydrogens is 364 g/mol. The first-order valence-corrected chi connectivity index (χ1v) is 9.91. The van der Waals surface area contributed by atoms with Crippen LogP contribution in [-0.2, 0) is 6.54 Å². The lowest BCUT2D eigenvalue weighted by atomic mass is 9.96. The van der Waals surface area contributed by atoms with Crippen LogP contribution in [0.15, 0.2) is 67.5 Å². The van der Waals surface area contributed by atoms with Gasteiger partial charge in [0, 0.05) is 56.2 Å². The fraction of sp³-hybridized carbons (Fsp3) is 0.273. The Bertz CT molecular complexity index is 1100. The third kappa shape index (κ3) is 3.51. The Hall–Kier alpha value is -3.48. The molecule has 0 spiro atoms. The molecular formula is C22H22N6O. The average molecular weight is 386 g/mol. The van der Waals surface area contributed by atoms with E-state index in [1.165, 1.54) is 0 Å². The lowest BCUT2D eigenvalue weighted by molar-refractivity contribution is 0.0698. The smallest absolute Gasteiger partial charge is 0.274 e. The molecule has 0 N–H and O–H groups in total. The molecule has 7 nitrogen and oxygen atoms in total. The SMILES string of the molecule is O=C(c1cn2ccccc2n1)N1CCC[C@H](c2nccn2Cc2cccnc2)C1. The number of hydrogen-bond acceptors (Lipinski definition) is 4. The highest BCUT2D eigenvalue weighted by Gasteiger charge is 2.29. The van der Waals surface area contributed by atoms with Gasteiger partial charge in [-0.25, -0.2) is 9.97 Å². The maximum atomic E-state index is 13.1. The average Bonchev–Trinajstić information content (AvgIpc) is 3.41. The Labute approximate surface area is 168 Å². The molecule has 146 valence electrons. The molecule has 1 aliphatic heterocycles. The number of hydrogen-bond donors (Lipinski definition) is 0. The topological polar surface area (TPSA) is 68.3 Å². The van der Waals surface area contributed by atoms with Crippen LogP contribution in [0.25, 0.3) is 5.65 Å². The maximum Gasteiger partial charge on any atom is 0.274 e. The number of likely N-dealkylation sites (tertiary alicyclic amines) is 1. The number of amides is 1. The number of piperidine rings is 1. The second-order valence-electron chi connectivity index (χ2n) is 7.46. The van der Waals surface area contributed by atoms with Crippen LogP contribution in [-0.4, -0.2) is 47.8 Å². The molecule has 0 aliphatic carbocycles. The Morgan fingerprint density at radius 2 is 2.10 bits per heavy atom. The molecule has 0 unspecified atom stereocenters. The standard InChI is InChI=1S/C22H22N6O/c29-22(19-16-26-10-2-1-7-20(26)25-19)28-11-4-6-18(15-28)21-24-9-12-27(21)14-17-5-3-8-23-13-17/h1-3,5,7-10,12-13,16,18H,4,6,11,14-15H2/t18-/m0/s1. The van der Waals surface area contributed by atoms with Gasteiger partial charge in [0.2, 0.25) is 0 Å². The second kappa shape index (κ2) is 7.50. The van der Waals surface area contributed by atoms with E-state index in [1.54, 1.807) is 6.20 Å². The first-order valence-electron chi connectivity index (χ1n) is 9.91. The zero-order chi connectivity index (χ0) is 19.6. The minimum atomic E-state index is -0.0104. The summed E-state index contributed by atoms with van der Waals surface area (Å²) in [6.45, 7) is 2.16. The molecule has 7 heteroatoms. The molecule has 4 aromatic rings. The van der Waals surface area contributed by atoms with Gasteiger partial charge < -0.3 is 13.9 Å². The summed E-state index contributed by atoms with van der Waals surface area (Å²) in [5.74, 6) is 1.24. The summed E-state index contributed by atoms with van der Waals surface area (Å²) in [6, 6.07) is 9.78. The second-order valence-corrected chi connectivity index (χ2v) is 7.46. The Kier molecular flexibility index (Phi) is 4.56. The largest absolute Gasteiger partial charge is 0.337 e. The number of pyridine rings is 2. The summed E-state index contributed by atoms with van der Waals surface area (Å²) in [5.41, 5.74) is 2.42. The van der Waals surface area contributed by atoms with Crippen molar-refractivity contribution in [3.8, 4) is 0 Å². The van der Waals surface area contributed by atoms with E-state index in [0.29, 0.717) is 12.2 Å². The monoisotopic (exact) mass is 386 g/mol. The normalized spacial score (nSPS) is 17.0. The van der Waals surface area contributed by atoms with Crippen LogP contribution in [0.5, 0.6) is 0 Å². The van der Waals surface area contributed by atoms with Crippen molar-refractivity contribution in [2.75, 3.05) is 13.1 Å². The van der Waals surface area contributed by atoms with Crippen molar-refractivity contribution in [2.24, 2.45) is 0 Å². The highest BCUT2D eigenvalue weighted by atomic mass is 16.2. The first-order chi connectivity index (χ1) is 14.3. The fourth-order valence-electron chi connectivity index (χ4n) is 4.07. The van der Waals surface area contributed by atoms with Gasteiger partial charge >= 0.3 is 0 Å². The fourth-order valence-corrected chi connectivity index (χ4v) is 4.07. The number of carbonyl (C=O) groups excluding carboxylic acids is 1. The van der Waals surface area contributed by atoms with Crippen molar-refractivity contribution >= 4 is 11.6 Å². The molecule has 0 saturated carbocycles. The molecule has 5 rings (SSSR count). The van der Waals surface area contributed by atoms with Crippen LogP contribution in [0, 0.1) is 0 Å². The molecule has 1 aliphatic rings.